The molecule has 12 heavy (non-hydrogen) atoms. The van der Waals surface area contributed by atoms with Crippen molar-refractivity contribution in [1.82, 2.24) is 0 Å². The molecule has 5 heteroatoms. The lowest BCUT2D eigenvalue weighted by Crippen LogP contribution is -2.33. The summed E-state index contributed by atoms with van der Waals surface area (Å²) in [5, 5.41) is 18.0. The number of hydrogen-bond acceptors (Lipinski definition) is 5. The predicted octanol–water partition coefficient (Wildman–Crippen LogP) is 0.596. The summed E-state index contributed by atoms with van der Waals surface area (Å²) in [5.41, 5.74) is 0. The minimum Gasteiger partial charge on any atom is -0.402 e. The Morgan fingerprint density at radius 3 is 1.42 bits per heavy atom. The summed E-state index contributed by atoms with van der Waals surface area (Å²) in [7, 11) is 0. The lowest BCUT2D eigenvalue weighted by molar-refractivity contribution is -0.196. The first kappa shape index (κ1) is 11.2. The molecule has 2 N–H and O–H groups in total. The van der Waals surface area contributed by atoms with Crippen LogP contribution in [-0.4, -0.2) is 27.9 Å². The van der Waals surface area contributed by atoms with Crippen molar-refractivity contribution in [2.45, 2.75) is 39.3 Å². The highest BCUT2D eigenvalue weighted by atomic mass is 16.8. The van der Waals surface area contributed by atoms with Crippen LogP contribution < -0.4 is 0 Å². The molecule has 0 aromatic rings. The second kappa shape index (κ2) is 3.28. The maximum absolute atomic E-state index is 10.7. The zero-order chi connectivity index (χ0) is 9.99. The van der Waals surface area contributed by atoms with Gasteiger partial charge in [-0.05, 0) is 0 Å². The fourth-order valence-corrected chi connectivity index (χ4v) is 0.429. The third kappa shape index (κ3) is 7.30. The van der Waals surface area contributed by atoms with Gasteiger partial charge < -0.3 is 19.7 Å². The van der Waals surface area contributed by atoms with Gasteiger partial charge in [-0.15, -0.1) is 0 Å². The third-order valence-electron chi connectivity index (χ3n) is 0.666. The largest absolute Gasteiger partial charge is 0.513 e. The smallest absolute Gasteiger partial charge is 0.402 e. The van der Waals surface area contributed by atoms with Gasteiger partial charge in [0.2, 0.25) is 11.6 Å². The molecule has 5 nitrogen and oxygen atoms in total. The van der Waals surface area contributed by atoms with Gasteiger partial charge in [-0.3, -0.25) is 0 Å². The van der Waals surface area contributed by atoms with Crippen LogP contribution in [0.2, 0.25) is 0 Å². The van der Waals surface area contributed by atoms with E-state index in [4.69, 9.17) is 10.2 Å². The Balaban J connectivity index is 3.92. The number of carbonyl (C=O) groups is 1. The molecule has 0 saturated heterocycles. The molecule has 0 aromatic heterocycles. The topological polar surface area (TPSA) is 76.0 Å². The van der Waals surface area contributed by atoms with E-state index in [9.17, 15) is 4.79 Å². The number of hydrogen-bond donors (Lipinski definition) is 2. The molecule has 0 aliphatic heterocycles. The molecule has 0 aliphatic carbocycles. The van der Waals surface area contributed by atoms with E-state index < -0.39 is 17.7 Å². The van der Waals surface area contributed by atoms with Gasteiger partial charge in [0.25, 0.3) is 0 Å². The van der Waals surface area contributed by atoms with Crippen molar-refractivity contribution in [2.75, 3.05) is 0 Å². The Labute approximate surface area is 70.9 Å². The molecule has 0 bridgehead atoms. The van der Waals surface area contributed by atoms with Gasteiger partial charge in [0.05, 0.1) is 0 Å². The van der Waals surface area contributed by atoms with E-state index in [-0.39, 0.29) is 0 Å². The maximum Gasteiger partial charge on any atom is 0.513 e. The summed E-state index contributed by atoms with van der Waals surface area (Å²) >= 11 is 0. The molecular formula is C7H14O5. The second-order valence-electron chi connectivity index (χ2n) is 3.35. The molecule has 72 valence electrons. The molecular weight excluding hydrogens is 164 g/mol. The summed E-state index contributed by atoms with van der Waals surface area (Å²) in [5.74, 6) is -3.19. The van der Waals surface area contributed by atoms with Crippen LogP contribution in [0.5, 0.6) is 0 Å². The summed E-state index contributed by atoms with van der Waals surface area (Å²) in [6, 6.07) is 0. The quantitative estimate of drug-likeness (QED) is 0.478. The number of rotatable bonds is 2. The SMILES string of the molecule is CC(C)(O)OC(=O)OC(C)(C)O. The lowest BCUT2D eigenvalue weighted by atomic mass is 10.4. The highest BCUT2D eigenvalue weighted by Crippen LogP contribution is 2.10. The van der Waals surface area contributed by atoms with Crippen LogP contribution in [0.1, 0.15) is 27.7 Å². The van der Waals surface area contributed by atoms with Crippen LogP contribution in [0.4, 0.5) is 4.79 Å². The molecule has 0 amide bonds. The van der Waals surface area contributed by atoms with Crippen LogP contribution in [-0.2, 0) is 9.47 Å². The van der Waals surface area contributed by atoms with Crippen LogP contribution in [0, 0.1) is 0 Å². The highest BCUT2D eigenvalue weighted by molar-refractivity contribution is 5.60. The van der Waals surface area contributed by atoms with Gasteiger partial charge in [0.15, 0.2) is 0 Å². The Morgan fingerprint density at radius 2 is 1.25 bits per heavy atom. The standard InChI is InChI=1S/C7H14O5/c1-6(2,9)11-5(8)12-7(3,4)10/h9-10H,1-4H3. The van der Waals surface area contributed by atoms with E-state index in [1.54, 1.807) is 0 Å². The van der Waals surface area contributed by atoms with Crippen LogP contribution >= 0.6 is 0 Å². The van der Waals surface area contributed by atoms with Crippen LogP contribution in [0.15, 0.2) is 0 Å². The van der Waals surface area contributed by atoms with Crippen molar-refractivity contribution in [3.05, 3.63) is 0 Å². The minimum absolute atomic E-state index is 1.12. The fourth-order valence-electron chi connectivity index (χ4n) is 0.429. The minimum atomic E-state index is -1.59. The van der Waals surface area contributed by atoms with Gasteiger partial charge in [-0.1, -0.05) is 0 Å². The average Bonchev–Trinajstić information content (AvgIpc) is 1.49. The molecule has 0 unspecified atom stereocenters. The summed E-state index contributed by atoms with van der Waals surface area (Å²) in [6.07, 6.45) is -1.12. The Kier molecular flexibility index (Phi) is 3.06. The van der Waals surface area contributed by atoms with Gasteiger partial charge >= 0.3 is 6.16 Å². The highest BCUT2D eigenvalue weighted by Gasteiger charge is 2.25. The zero-order valence-electron chi connectivity index (χ0n) is 7.62. The number of carbonyl (C=O) groups excluding carboxylic acids is 1. The van der Waals surface area contributed by atoms with Crippen molar-refractivity contribution in [3.63, 3.8) is 0 Å². The Bertz CT molecular complexity index is 144. The molecule has 0 heterocycles. The van der Waals surface area contributed by atoms with Crippen molar-refractivity contribution in [2.24, 2.45) is 0 Å². The molecule has 0 spiro atoms. The Morgan fingerprint density at radius 1 is 1.00 bits per heavy atom. The second-order valence-corrected chi connectivity index (χ2v) is 3.35. The van der Waals surface area contributed by atoms with Crippen LogP contribution in [0.3, 0.4) is 0 Å². The summed E-state index contributed by atoms with van der Waals surface area (Å²) in [6.45, 7) is 5.11. The van der Waals surface area contributed by atoms with E-state index in [0.29, 0.717) is 0 Å². The van der Waals surface area contributed by atoms with E-state index in [2.05, 4.69) is 9.47 Å². The van der Waals surface area contributed by atoms with Crippen molar-refractivity contribution in [3.8, 4) is 0 Å². The maximum atomic E-state index is 10.7. The van der Waals surface area contributed by atoms with E-state index in [0.717, 1.165) is 0 Å². The number of ether oxygens (including phenoxy) is 2. The van der Waals surface area contributed by atoms with Crippen LogP contribution in [0.25, 0.3) is 0 Å². The van der Waals surface area contributed by atoms with E-state index in [1.165, 1.54) is 27.7 Å². The summed E-state index contributed by atoms with van der Waals surface area (Å²) in [4.78, 5) is 10.7. The molecule has 0 atom stereocenters. The Hall–Kier alpha value is -0.810. The zero-order valence-corrected chi connectivity index (χ0v) is 7.62. The molecule has 0 aromatic carbocycles. The van der Waals surface area contributed by atoms with E-state index in [1.807, 2.05) is 0 Å². The first-order valence-corrected chi connectivity index (χ1v) is 3.47. The third-order valence-corrected chi connectivity index (χ3v) is 0.666. The van der Waals surface area contributed by atoms with E-state index >= 15 is 0 Å². The fraction of sp³-hybridized carbons (Fsp3) is 0.857. The molecule has 0 aliphatic rings. The summed E-state index contributed by atoms with van der Waals surface area (Å²) < 4.78 is 8.70. The molecule has 0 fully saturated rings. The lowest BCUT2D eigenvalue weighted by Gasteiger charge is -2.22. The van der Waals surface area contributed by atoms with Crippen molar-refractivity contribution < 1.29 is 24.5 Å². The van der Waals surface area contributed by atoms with Gasteiger partial charge in [0.1, 0.15) is 0 Å². The first-order valence-electron chi connectivity index (χ1n) is 3.47. The van der Waals surface area contributed by atoms with Gasteiger partial charge in [0, 0.05) is 27.7 Å². The van der Waals surface area contributed by atoms with Gasteiger partial charge in [-0.25, -0.2) is 4.79 Å². The first-order chi connectivity index (χ1) is 5.10. The molecule has 0 saturated carbocycles. The molecule has 0 rings (SSSR count). The normalized spacial score (nSPS) is 12.5. The van der Waals surface area contributed by atoms with Crippen molar-refractivity contribution in [1.29, 1.82) is 0 Å². The molecule has 0 radical (unpaired) electrons. The van der Waals surface area contributed by atoms with Gasteiger partial charge in [-0.2, -0.15) is 0 Å². The predicted molar refractivity (Wildman–Crippen MR) is 40.2 cm³/mol. The van der Waals surface area contributed by atoms with Crippen molar-refractivity contribution >= 4 is 6.16 Å². The number of aliphatic hydroxyl groups is 2. The average molecular weight is 178 g/mol. The monoisotopic (exact) mass is 178 g/mol.